The van der Waals surface area contributed by atoms with E-state index in [1.54, 1.807) is 17.8 Å². The summed E-state index contributed by atoms with van der Waals surface area (Å²) >= 11 is 14.1. The minimum absolute atomic E-state index is 0.374. The van der Waals surface area contributed by atoms with Crippen LogP contribution in [0.4, 0.5) is 0 Å². The molecule has 2 atom stereocenters. The van der Waals surface area contributed by atoms with Crippen molar-refractivity contribution in [3.05, 3.63) is 99.5 Å². The highest BCUT2D eigenvalue weighted by Crippen LogP contribution is 2.34. The van der Waals surface area contributed by atoms with E-state index in [4.69, 9.17) is 23.2 Å². The van der Waals surface area contributed by atoms with Crippen LogP contribution in [0.25, 0.3) is 0 Å². The van der Waals surface area contributed by atoms with E-state index in [2.05, 4.69) is 66.8 Å². The Morgan fingerprint density at radius 3 is 2.21 bits per heavy atom. The average molecular weight is 430 g/mol. The van der Waals surface area contributed by atoms with Gasteiger partial charge in [0.1, 0.15) is 0 Å². The zero-order valence-corrected chi connectivity index (χ0v) is 18.5. The Hall–Kier alpha value is -1.45. The highest BCUT2D eigenvalue weighted by atomic mass is 35.5. The third kappa shape index (κ3) is 5.55. The molecule has 0 spiro atoms. The first-order valence-corrected chi connectivity index (χ1v) is 11.2. The third-order valence-electron chi connectivity index (χ3n) is 4.90. The van der Waals surface area contributed by atoms with Gasteiger partial charge in [-0.1, -0.05) is 78.7 Å². The van der Waals surface area contributed by atoms with Crippen molar-refractivity contribution in [3.8, 4) is 0 Å². The summed E-state index contributed by atoms with van der Waals surface area (Å²) < 4.78 is 0. The summed E-state index contributed by atoms with van der Waals surface area (Å²) in [4.78, 5) is 1.24. The summed E-state index contributed by atoms with van der Waals surface area (Å²) in [5.74, 6) is 1.70. The van der Waals surface area contributed by atoms with Crippen molar-refractivity contribution >= 4 is 35.0 Å². The predicted octanol–water partition coefficient (Wildman–Crippen LogP) is 7.27. The highest BCUT2D eigenvalue weighted by molar-refractivity contribution is 7.98. The summed E-state index contributed by atoms with van der Waals surface area (Å²) in [6.45, 7) is 3.28. The fourth-order valence-corrected chi connectivity index (χ4v) is 4.98. The normalized spacial score (nSPS) is 13.3. The molecule has 0 bridgehead atoms. The maximum Gasteiger partial charge on any atom is 0.0461 e. The maximum atomic E-state index is 6.29. The number of benzene rings is 3. The van der Waals surface area contributed by atoms with Gasteiger partial charge >= 0.3 is 0 Å². The van der Waals surface area contributed by atoms with Gasteiger partial charge in [0.25, 0.3) is 0 Å². The van der Waals surface area contributed by atoms with Gasteiger partial charge in [-0.25, -0.2) is 0 Å². The molecule has 0 heterocycles. The zero-order chi connectivity index (χ0) is 19.9. The van der Waals surface area contributed by atoms with Gasteiger partial charge in [-0.2, -0.15) is 0 Å². The minimum atomic E-state index is 0.374. The summed E-state index contributed by atoms with van der Waals surface area (Å²) in [6, 6.07) is 25.4. The van der Waals surface area contributed by atoms with Crippen LogP contribution in [0.15, 0.2) is 77.7 Å². The van der Waals surface area contributed by atoms with Gasteiger partial charge in [0.05, 0.1) is 0 Å². The van der Waals surface area contributed by atoms with Crippen molar-refractivity contribution < 1.29 is 0 Å². The second kappa shape index (κ2) is 10.4. The van der Waals surface area contributed by atoms with Gasteiger partial charge in [-0.15, -0.1) is 11.8 Å². The van der Waals surface area contributed by atoms with E-state index in [0.717, 1.165) is 22.9 Å². The quantitative estimate of drug-likeness (QED) is 0.377. The molecule has 0 amide bonds. The first-order valence-electron chi connectivity index (χ1n) is 9.44. The van der Waals surface area contributed by atoms with E-state index in [-0.39, 0.29) is 0 Å². The maximum absolute atomic E-state index is 6.29. The Kier molecular flexibility index (Phi) is 7.87. The van der Waals surface area contributed by atoms with Crippen molar-refractivity contribution in [2.45, 2.75) is 23.5 Å². The predicted molar refractivity (Wildman–Crippen MR) is 124 cm³/mol. The molecule has 0 aromatic heterocycles. The molecule has 1 nitrogen and oxygen atoms in total. The Bertz CT molecular complexity index is 881. The van der Waals surface area contributed by atoms with Crippen molar-refractivity contribution in [3.63, 3.8) is 0 Å². The Balaban J connectivity index is 1.75. The number of hydrogen-bond donors (Lipinski definition) is 1. The molecule has 0 saturated heterocycles. The molecular weight excluding hydrogens is 405 g/mol. The molecule has 0 aliphatic rings. The van der Waals surface area contributed by atoms with Gasteiger partial charge in [0, 0.05) is 26.6 Å². The Morgan fingerprint density at radius 1 is 0.893 bits per heavy atom. The van der Waals surface area contributed by atoms with E-state index in [0.29, 0.717) is 16.9 Å². The molecule has 3 aromatic carbocycles. The minimum Gasteiger partial charge on any atom is -0.319 e. The first kappa shape index (κ1) is 21.3. The zero-order valence-electron chi connectivity index (χ0n) is 16.2. The summed E-state index contributed by atoms with van der Waals surface area (Å²) in [5, 5.41) is 4.72. The fourth-order valence-electron chi connectivity index (χ4n) is 3.52. The van der Waals surface area contributed by atoms with Crippen LogP contribution >= 0.6 is 35.0 Å². The van der Waals surface area contributed by atoms with Crippen LogP contribution in [0.3, 0.4) is 0 Å². The molecule has 3 aromatic rings. The van der Waals surface area contributed by atoms with Crippen LogP contribution in [0.1, 0.15) is 29.5 Å². The number of rotatable bonds is 8. The Morgan fingerprint density at radius 2 is 1.57 bits per heavy atom. The van der Waals surface area contributed by atoms with E-state index >= 15 is 0 Å². The van der Waals surface area contributed by atoms with Crippen LogP contribution in [-0.2, 0) is 5.75 Å². The second-order valence-corrected chi connectivity index (χ2v) is 8.91. The lowest BCUT2D eigenvalue weighted by Gasteiger charge is -2.25. The van der Waals surface area contributed by atoms with E-state index in [1.165, 1.54) is 16.0 Å². The van der Waals surface area contributed by atoms with Gasteiger partial charge < -0.3 is 5.32 Å². The van der Waals surface area contributed by atoms with Crippen LogP contribution in [0, 0.1) is 5.92 Å². The van der Waals surface area contributed by atoms with Crippen molar-refractivity contribution in [1.82, 2.24) is 5.32 Å². The molecule has 0 radical (unpaired) electrons. The van der Waals surface area contributed by atoms with Crippen molar-refractivity contribution in [2.24, 2.45) is 5.92 Å². The molecule has 0 saturated carbocycles. The smallest absolute Gasteiger partial charge is 0.0461 e. The molecule has 0 fully saturated rings. The monoisotopic (exact) mass is 429 g/mol. The molecular formula is C24H25Cl2NS. The SMILES string of the molecule is CNCC(C)C(c1ccccc1)c1ccc(SCc2ccc(Cl)cc2Cl)cc1. The topological polar surface area (TPSA) is 12.0 Å². The summed E-state index contributed by atoms with van der Waals surface area (Å²) in [6.07, 6.45) is 0. The second-order valence-electron chi connectivity index (χ2n) is 7.02. The number of nitrogens with one attached hydrogen (secondary N) is 1. The molecule has 0 aliphatic heterocycles. The summed E-state index contributed by atoms with van der Waals surface area (Å²) in [5.41, 5.74) is 3.81. The lowest BCUT2D eigenvalue weighted by atomic mass is 9.81. The molecule has 146 valence electrons. The third-order valence-corrected chi connectivity index (χ3v) is 6.55. The van der Waals surface area contributed by atoms with E-state index in [1.807, 2.05) is 19.2 Å². The van der Waals surface area contributed by atoms with Gasteiger partial charge in [-0.05, 0) is 60.5 Å². The van der Waals surface area contributed by atoms with Crippen LogP contribution in [0.2, 0.25) is 10.0 Å². The molecule has 4 heteroatoms. The van der Waals surface area contributed by atoms with Gasteiger partial charge in [0.2, 0.25) is 0 Å². The lowest BCUT2D eigenvalue weighted by Crippen LogP contribution is -2.23. The average Bonchev–Trinajstić information content (AvgIpc) is 2.70. The first-order chi connectivity index (χ1) is 13.6. The molecule has 1 N–H and O–H groups in total. The molecule has 28 heavy (non-hydrogen) atoms. The number of thioether (sulfide) groups is 1. The van der Waals surface area contributed by atoms with E-state index in [9.17, 15) is 0 Å². The molecule has 3 rings (SSSR count). The van der Waals surface area contributed by atoms with Crippen molar-refractivity contribution in [1.29, 1.82) is 0 Å². The van der Waals surface area contributed by atoms with Crippen LogP contribution in [0.5, 0.6) is 0 Å². The standard InChI is InChI=1S/C24H25Cl2NS/c1-17(15-27-2)24(18-6-4-3-5-7-18)19-9-12-22(13-10-19)28-16-20-8-11-21(25)14-23(20)26/h3-14,17,24,27H,15-16H2,1-2H3. The van der Waals surface area contributed by atoms with Crippen molar-refractivity contribution in [2.75, 3.05) is 13.6 Å². The Labute approximate surface area is 182 Å². The number of halogens is 2. The van der Waals surface area contributed by atoms with E-state index < -0.39 is 0 Å². The lowest BCUT2D eigenvalue weighted by molar-refractivity contribution is 0.486. The van der Waals surface area contributed by atoms with Gasteiger partial charge in [-0.3, -0.25) is 0 Å². The largest absolute Gasteiger partial charge is 0.319 e. The van der Waals surface area contributed by atoms with Crippen LogP contribution < -0.4 is 5.32 Å². The van der Waals surface area contributed by atoms with Crippen LogP contribution in [-0.4, -0.2) is 13.6 Å². The fraction of sp³-hybridized carbons (Fsp3) is 0.250. The number of hydrogen-bond acceptors (Lipinski definition) is 2. The molecule has 2 unspecified atom stereocenters. The highest BCUT2D eigenvalue weighted by Gasteiger charge is 2.20. The van der Waals surface area contributed by atoms with Gasteiger partial charge in [0.15, 0.2) is 0 Å². The summed E-state index contributed by atoms with van der Waals surface area (Å²) in [7, 11) is 2.01. The molecule has 0 aliphatic carbocycles.